The summed E-state index contributed by atoms with van der Waals surface area (Å²) in [7, 11) is 0. The lowest BCUT2D eigenvalue weighted by Crippen LogP contribution is -3.20. The Bertz CT molecular complexity index is 281. The first kappa shape index (κ1) is 10.9. The van der Waals surface area contributed by atoms with E-state index in [0.29, 0.717) is 5.57 Å². The van der Waals surface area contributed by atoms with Crippen molar-refractivity contribution in [1.29, 1.82) is 0 Å². The van der Waals surface area contributed by atoms with E-state index in [1.807, 2.05) is 13.8 Å². The van der Waals surface area contributed by atoms with Gasteiger partial charge < -0.3 is 10.3 Å². The van der Waals surface area contributed by atoms with E-state index >= 15 is 0 Å². The highest BCUT2D eigenvalue weighted by molar-refractivity contribution is 9.11. The van der Waals surface area contributed by atoms with Crippen LogP contribution in [0.5, 0.6) is 0 Å². The predicted octanol–water partition coefficient (Wildman–Crippen LogP) is 0.788. The summed E-state index contributed by atoms with van der Waals surface area (Å²) >= 11 is 3.33. The fraction of sp³-hybridized carbons (Fsp3) is 0.667. The van der Waals surface area contributed by atoms with Crippen LogP contribution < -0.4 is 5.06 Å². The number of aldehydes is 1. The second-order valence-electron chi connectivity index (χ2n) is 4.42. The molecule has 3 nitrogen and oxygen atoms in total. The number of quaternary nitrogens is 1. The normalized spacial score (nSPS) is 30.8. The minimum atomic E-state index is -0.649. The molecule has 1 aliphatic rings. The van der Waals surface area contributed by atoms with Gasteiger partial charge in [-0.15, -0.1) is 0 Å². The molecule has 4 heteroatoms. The van der Waals surface area contributed by atoms with E-state index in [-0.39, 0.29) is 5.06 Å². The molecule has 0 radical (unpaired) electrons. The topological polar surface area (TPSA) is 44.6 Å². The summed E-state index contributed by atoms with van der Waals surface area (Å²) in [4.78, 5) is 10.8. The van der Waals surface area contributed by atoms with E-state index in [1.54, 1.807) is 13.8 Å². The van der Waals surface area contributed by atoms with E-state index in [9.17, 15) is 10.0 Å². The zero-order chi connectivity index (χ0) is 10.4. The van der Waals surface area contributed by atoms with Gasteiger partial charge in [-0.3, -0.25) is 4.79 Å². The first-order valence-corrected chi connectivity index (χ1v) is 4.96. The average Bonchev–Trinajstić information content (AvgIpc) is 2.12. The number of carbonyl (C=O) groups is 1. The molecule has 1 N–H and O–H groups in total. The van der Waals surface area contributed by atoms with Crippen LogP contribution >= 0.6 is 15.9 Å². The van der Waals surface area contributed by atoms with Crippen molar-refractivity contribution in [1.82, 2.24) is 0 Å². The van der Waals surface area contributed by atoms with Gasteiger partial charge in [-0.1, -0.05) is 0 Å². The third kappa shape index (κ3) is 1.28. The minimum Gasteiger partial charge on any atom is -0.633 e. The summed E-state index contributed by atoms with van der Waals surface area (Å²) in [6.45, 7) is 7.24. The Hall–Kier alpha value is -0.190. The van der Waals surface area contributed by atoms with Crippen LogP contribution in [-0.4, -0.2) is 17.4 Å². The molecule has 0 saturated carbocycles. The van der Waals surface area contributed by atoms with Gasteiger partial charge in [-0.2, -0.15) is 0 Å². The first-order valence-electron chi connectivity index (χ1n) is 4.17. The molecule has 13 heavy (non-hydrogen) atoms. The summed E-state index contributed by atoms with van der Waals surface area (Å²) < 4.78 is 0.727. The summed E-state index contributed by atoms with van der Waals surface area (Å²) in [5.74, 6) is 0. The molecular weight excluding hydrogens is 234 g/mol. The second kappa shape index (κ2) is 2.90. The van der Waals surface area contributed by atoms with Crippen LogP contribution in [0.1, 0.15) is 27.7 Å². The summed E-state index contributed by atoms with van der Waals surface area (Å²) in [5, 5.41) is 12.0. The minimum absolute atomic E-state index is 0.0916. The van der Waals surface area contributed by atoms with Crippen molar-refractivity contribution in [3.63, 3.8) is 0 Å². The quantitative estimate of drug-likeness (QED) is 0.550. The highest BCUT2D eigenvalue weighted by atomic mass is 79.9. The highest BCUT2D eigenvalue weighted by Gasteiger charge is 2.50. The maximum Gasteiger partial charge on any atom is 0.153 e. The van der Waals surface area contributed by atoms with E-state index in [0.717, 1.165) is 10.8 Å². The first-order chi connectivity index (χ1) is 5.76. The smallest absolute Gasteiger partial charge is 0.153 e. The molecule has 1 heterocycles. The Kier molecular flexibility index (Phi) is 2.43. The zero-order valence-corrected chi connectivity index (χ0v) is 9.86. The van der Waals surface area contributed by atoms with E-state index in [4.69, 9.17) is 0 Å². The molecule has 0 aromatic rings. The van der Waals surface area contributed by atoms with Crippen molar-refractivity contribution < 1.29 is 9.86 Å². The lowest BCUT2D eigenvalue weighted by atomic mass is 9.98. The number of hydroxylamine groups is 2. The second-order valence-corrected chi connectivity index (χ2v) is 5.22. The molecule has 0 aromatic carbocycles. The molecule has 74 valence electrons. The van der Waals surface area contributed by atoms with Gasteiger partial charge in [0.1, 0.15) is 11.1 Å². The molecule has 0 fully saturated rings. The Morgan fingerprint density at radius 1 is 1.31 bits per heavy atom. The fourth-order valence-corrected chi connectivity index (χ4v) is 2.58. The third-order valence-electron chi connectivity index (χ3n) is 2.71. The molecule has 0 spiro atoms. The van der Waals surface area contributed by atoms with Crippen molar-refractivity contribution in [3.8, 4) is 0 Å². The largest absolute Gasteiger partial charge is 0.633 e. The molecule has 0 aliphatic carbocycles. The number of rotatable bonds is 1. The Balaban J connectivity index is 3.31. The number of hydrogen-bond donors (Lipinski definition) is 1. The molecule has 1 atom stereocenters. The number of halogens is 1. The monoisotopic (exact) mass is 247 g/mol. The number of carbonyl (C=O) groups excluding carboxylic acids is 1. The van der Waals surface area contributed by atoms with Gasteiger partial charge in [0.15, 0.2) is 6.29 Å². The van der Waals surface area contributed by atoms with Gasteiger partial charge in [0.05, 0.1) is 10.1 Å². The van der Waals surface area contributed by atoms with Gasteiger partial charge in [0.25, 0.3) is 0 Å². The highest BCUT2D eigenvalue weighted by Crippen LogP contribution is 2.34. The summed E-state index contributed by atoms with van der Waals surface area (Å²) in [6.07, 6.45) is 0.775. The van der Waals surface area contributed by atoms with Gasteiger partial charge in [0, 0.05) is 0 Å². The van der Waals surface area contributed by atoms with Gasteiger partial charge >= 0.3 is 0 Å². The standard InChI is InChI=1S/C9H14BrNO2/c1-8(2)6(5-12)7(10)9(3,4)11(8)13/h5,11H,1-4H3. The number of hydrogen-bond acceptors (Lipinski definition) is 2. The van der Waals surface area contributed by atoms with Crippen LogP contribution in [0.3, 0.4) is 0 Å². The molecule has 0 aromatic heterocycles. The lowest BCUT2D eigenvalue weighted by molar-refractivity contribution is -0.927. The third-order valence-corrected chi connectivity index (χ3v) is 4.13. The molecule has 1 aliphatic heterocycles. The summed E-state index contributed by atoms with van der Waals surface area (Å²) in [6, 6.07) is 0. The lowest BCUT2D eigenvalue weighted by Gasteiger charge is -2.41. The van der Waals surface area contributed by atoms with Crippen LogP contribution in [0.4, 0.5) is 0 Å². The van der Waals surface area contributed by atoms with Crippen LogP contribution in [0.2, 0.25) is 0 Å². The Morgan fingerprint density at radius 3 is 1.92 bits per heavy atom. The Morgan fingerprint density at radius 2 is 1.77 bits per heavy atom. The van der Waals surface area contributed by atoms with Crippen LogP contribution in [0, 0.1) is 5.21 Å². The zero-order valence-electron chi connectivity index (χ0n) is 8.27. The van der Waals surface area contributed by atoms with Crippen LogP contribution in [0.15, 0.2) is 10.1 Å². The maximum absolute atomic E-state index is 11.9. The van der Waals surface area contributed by atoms with E-state index < -0.39 is 11.1 Å². The molecule has 1 unspecified atom stereocenters. The SMILES string of the molecule is CC1(C)C(Br)=C(C=O)C(C)(C)[NH+]1[O-]. The maximum atomic E-state index is 11.9. The Labute approximate surface area is 86.5 Å². The molecular formula is C9H14BrNO2. The predicted molar refractivity (Wildman–Crippen MR) is 54.5 cm³/mol. The molecule has 1 rings (SSSR count). The van der Waals surface area contributed by atoms with Crippen molar-refractivity contribution in [2.24, 2.45) is 0 Å². The van der Waals surface area contributed by atoms with Crippen molar-refractivity contribution in [3.05, 3.63) is 15.3 Å². The molecule has 0 bridgehead atoms. The fourth-order valence-electron chi connectivity index (χ4n) is 1.81. The van der Waals surface area contributed by atoms with Gasteiger partial charge in [-0.05, 0) is 43.6 Å². The van der Waals surface area contributed by atoms with Crippen LogP contribution in [0.25, 0.3) is 0 Å². The molecule has 0 amide bonds. The van der Waals surface area contributed by atoms with Gasteiger partial charge in [-0.25, -0.2) is 0 Å². The number of nitrogens with one attached hydrogen (secondary N) is 1. The average molecular weight is 248 g/mol. The van der Waals surface area contributed by atoms with Gasteiger partial charge in [0.2, 0.25) is 0 Å². The van der Waals surface area contributed by atoms with E-state index in [2.05, 4.69) is 15.9 Å². The van der Waals surface area contributed by atoms with E-state index in [1.165, 1.54) is 0 Å². The summed E-state index contributed by atoms with van der Waals surface area (Å²) in [5.41, 5.74) is -0.633. The van der Waals surface area contributed by atoms with Crippen molar-refractivity contribution >= 4 is 22.2 Å². The van der Waals surface area contributed by atoms with Crippen molar-refractivity contribution in [2.75, 3.05) is 0 Å². The molecule has 0 saturated heterocycles. The van der Waals surface area contributed by atoms with Crippen molar-refractivity contribution in [2.45, 2.75) is 38.8 Å². The van der Waals surface area contributed by atoms with Crippen LogP contribution in [-0.2, 0) is 4.79 Å².